The monoisotopic (exact) mass is 422 g/mol. The maximum Gasteiger partial charge on any atom is 0.277 e. The van der Waals surface area contributed by atoms with Gasteiger partial charge in [-0.3, -0.25) is 19.1 Å². The smallest absolute Gasteiger partial charge is 0.277 e. The number of nitro groups is 1. The molecule has 2 heterocycles. The van der Waals surface area contributed by atoms with Crippen LogP contribution in [0.4, 0.5) is 10.1 Å². The van der Waals surface area contributed by atoms with E-state index >= 15 is 4.39 Å². The molecule has 7 heteroatoms. The Morgan fingerprint density at radius 3 is 2.25 bits per heavy atom. The van der Waals surface area contributed by atoms with Crippen molar-refractivity contribution in [2.75, 3.05) is 0 Å². The van der Waals surface area contributed by atoms with Crippen molar-refractivity contribution in [1.29, 1.82) is 0 Å². The van der Waals surface area contributed by atoms with Gasteiger partial charge in [-0.2, -0.15) is 0 Å². The molecule has 0 bridgehead atoms. The van der Waals surface area contributed by atoms with Crippen LogP contribution < -0.4 is 0 Å². The van der Waals surface area contributed by atoms with Crippen LogP contribution in [0, 0.1) is 15.9 Å². The highest BCUT2D eigenvalue weighted by Crippen LogP contribution is 2.36. The average Bonchev–Trinajstić information content (AvgIpc) is 3.33. The molecule has 32 heavy (non-hydrogen) atoms. The molecule has 0 unspecified atom stereocenters. The Labute approximate surface area is 180 Å². The molecule has 0 N–H and O–H groups in total. The Bertz CT molecular complexity index is 1670. The van der Waals surface area contributed by atoms with Crippen molar-refractivity contribution < 1.29 is 9.31 Å². The van der Waals surface area contributed by atoms with Crippen LogP contribution in [0.15, 0.2) is 91.0 Å². The summed E-state index contributed by atoms with van der Waals surface area (Å²) in [5, 5.41) is 11.5. The number of aromatic nitrogens is 3. The van der Waals surface area contributed by atoms with Crippen molar-refractivity contribution in [1.82, 2.24) is 14.0 Å². The summed E-state index contributed by atoms with van der Waals surface area (Å²) in [4.78, 5) is 15.8. The predicted octanol–water partition coefficient (Wildman–Crippen LogP) is 6.15. The molecule has 6 nitrogen and oxygen atoms in total. The van der Waals surface area contributed by atoms with E-state index in [0.717, 1.165) is 16.7 Å². The van der Waals surface area contributed by atoms with Crippen molar-refractivity contribution in [3.8, 4) is 16.8 Å². The van der Waals surface area contributed by atoms with Gasteiger partial charge >= 0.3 is 0 Å². The van der Waals surface area contributed by atoms with Crippen LogP contribution in [0.25, 0.3) is 44.7 Å². The van der Waals surface area contributed by atoms with Crippen LogP contribution in [-0.4, -0.2) is 18.9 Å². The zero-order valence-electron chi connectivity index (χ0n) is 16.6. The van der Waals surface area contributed by atoms with E-state index in [2.05, 4.69) is 0 Å². The average molecular weight is 422 g/mol. The summed E-state index contributed by atoms with van der Waals surface area (Å²) in [5.41, 5.74) is 4.18. The van der Waals surface area contributed by atoms with Gasteiger partial charge in [0.25, 0.3) is 5.69 Å². The van der Waals surface area contributed by atoms with Gasteiger partial charge in [0.15, 0.2) is 0 Å². The first-order chi connectivity index (χ1) is 15.6. The maximum atomic E-state index is 15.3. The van der Waals surface area contributed by atoms with Gasteiger partial charge in [-0.1, -0.05) is 42.5 Å². The molecular formula is C25H15FN4O2. The third kappa shape index (κ3) is 2.54. The number of halogens is 1. The summed E-state index contributed by atoms with van der Waals surface area (Å²) in [6, 6.07) is 26.8. The minimum atomic E-state index is -0.537. The van der Waals surface area contributed by atoms with Crippen LogP contribution >= 0.6 is 0 Å². The standard InChI is InChI=1S/C25H15FN4O2/c26-19-15-24-20(14-18(19)17-10-4-5-11-21(17)30(31)32)27-25-28(16-8-2-1-3-9-16)22-12-6-7-13-23(22)29(24)25/h1-15H. The second kappa shape index (κ2) is 6.75. The molecule has 0 fully saturated rings. The highest BCUT2D eigenvalue weighted by Gasteiger charge is 2.22. The number of nitrogens with zero attached hydrogens (tertiary/aromatic N) is 4. The van der Waals surface area contributed by atoms with E-state index in [0.29, 0.717) is 16.8 Å². The topological polar surface area (TPSA) is 65.4 Å². The lowest BCUT2D eigenvalue weighted by atomic mass is 10.0. The lowest BCUT2D eigenvalue weighted by Gasteiger charge is -2.05. The number of hydrogen-bond donors (Lipinski definition) is 0. The molecule has 0 saturated carbocycles. The lowest BCUT2D eigenvalue weighted by Crippen LogP contribution is -1.94. The van der Waals surface area contributed by atoms with Crippen LogP contribution in [0.1, 0.15) is 0 Å². The number of fused-ring (bicyclic) bond motifs is 5. The molecule has 0 saturated heterocycles. The molecule has 0 aliphatic rings. The quantitative estimate of drug-likeness (QED) is 0.254. The first-order valence-corrected chi connectivity index (χ1v) is 10.0. The Kier molecular flexibility index (Phi) is 3.85. The summed E-state index contributed by atoms with van der Waals surface area (Å²) < 4.78 is 19.3. The van der Waals surface area contributed by atoms with Gasteiger partial charge in [-0.25, -0.2) is 9.37 Å². The Morgan fingerprint density at radius 1 is 0.781 bits per heavy atom. The van der Waals surface area contributed by atoms with Crippen LogP contribution in [0.3, 0.4) is 0 Å². The first kappa shape index (κ1) is 18.3. The van der Waals surface area contributed by atoms with Crippen molar-refractivity contribution >= 4 is 33.5 Å². The molecule has 0 spiro atoms. The molecule has 0 amide bonds. The number of nitro benzene ring substituents is 1. The van der Waals surface area contributed by atoms with Crippen molar-refractivity contribution in [3.63, 3.8) is 0 Å². The number of para-hydroxylation sites is 4. The van der Waals surface area contributed by atoms with Crippen molar-refractivity contribution in [3.05, 3.63) is 107 Å². The number of imidazole rings is 2. The number of hydrogen-bond acceptors (Lipinski definition) is 3. The molecule has 0 aliphatic heterocycles. The molecule has 154 valence electrons. The highest BCUT2D eigenvalue weighted by molar-refractivity contribution is 5.94. The molecule has 6 aromatic rings. The van der Waals surface area contributed by atoms with Crippen LogP contribution in [-0.2, 0) is 0 Å². The largest absolute Gasteiger partial charge is 0.278 e. The van der Waals surface area contributed by atoms with E-state index in [1.54, 1.807) is 24.3 Å². The normalized spacial score (nSPS) is 11.5. The van der Waals surface area contributed by atoms with Gasteiger partial charge < -0.3 is 0 Å². The molecule has 0 atom stereocenters. The van der Waals surface area contributed by atoms with Crippen LogP contribution in [0.5, 0.6) is 0 Å². The molecule has 0 aliphatic carbocycles. The molecule has 4 aromatic carbocycles. The fourth-order valence-electron chi connectivity index (χ4n) is 4.32. The molecule has 2 aromatic heterocycles. The zero-order chi connectivity index (χ0) is 21.8. The number of rotatable bonds is 3. The highest BCUT2D eigenvalue weighted by atomic mass is 19.1. The van der Waals surface area contributed by atoms with Crippen molar-refractivity contribution in [2.24, 2.45) is 0 Å². The van der Waals surface area contributed by atoms with E-state index < -0.39 is 10.7 Å². The summed E-state index contributed by atoms with van der Waals surface area (Å²) >= 11 is 0. The second-order valence-corrected chi connectivity index (χ2v) is 7.50. The Balaban J connectivity index is 1.71. The minimum Gasteiger partial charge on any atom is -0.278 e. The molecule has 0 radical (unpaired) electrons. The Hall–Kier alpha value is -4.52. The first-order valence-electron chi connectivity index (χ1n) is 10.0. The van der Waals surface area contributed by atoms with E-state index in [-0.39, 0.29) is 16.8 Å². The summed E-state index contributed by atoms with van der Waals surface area (Å²) in [5.74, 6) is 0.108. The van der Waals surface area contributed by atoms with E-state index in [1.807, 2.05) is 63.6 Å². The third-order valence-corrected chi connectivity index (χ3v) is 5.69. The summed E-state index contributed by atoms with van der Waals surface area (Å²) in [6.45, 7) is 0. The predicted molar refractivity (Wildman–Crippen MR) is 122 cm³/mol. The summed E-state index contributed by atoms with van der Waals surface area (Å²) in [7, 11) is 0. The van der Waals surface area contributed by atoms with E-state index in [4.69, 9.17) is 4.98 Å². The van der Waals surface area contributed by atoms with Gasteiger partial charge in [0, 0.05) is 23.4 Å². The van der Waals surface area contributed by atoms with Crippen LogP contribution in [0.2, 0.25) is 0 Å². The van der Waals surface area contributed by atoms with E-state index in [9.17, 15) is 10.1 Å². The van der Waals surface area contributed by atoms with Gasteiger partial charge in [-0.05, 0) is 36.4 Å². The maximum absolute atomic E-state index is 15.3. The van der Waals surface area contributed by atoms with Crippen molar-refractivity contribution in [2.45, 2.75) is 0 Å². The second-order valence-electron chi connectivity index (χ2n) is 7.50. The minimum absolute atomic E-state index is 0.145. The molecular weight excluding hydrogens is 407 g/mol. The fourth-order valence-corrected chi connectivity index (χ4v) is 4.32. The number of benzene rings is 4. The summed E-state index contributed by atoms with van der Waals surface area (Å²) in [6.07, 6.45) is 0. The van der Waals surface area contributed by atoms with Gasteiger partial charge in [-0.15, -0.1) is 0 Å². The van der Waals surface area contributed by atoms with Gasteiger partial charge in [0.2, 0.25) is 5.78 Å². The van der Waals surface area contributed by atoms with Gasteiger partial charge in [0.1, 0.15) is 5.82 Å². The van der Waals surface area contributed by atoms with E-state index in [1.165, 1.54) is 12.1 Å². The lowest BCUT2D eigenvalue weighted by molar-refractivity contribution is -0.384. The molecule has 6 rings (SSSR count). The SMILES string of the molecule is O=[N+]([O-])c1ccccc1-c1cc2nc3n(-c4ccccc4)c4ccccc4n3c2cc1F. The fraction of sp³-hybridized carbons (Fsp3) is 0. The Morgan fingerprint density at radius 2 is 1.47 bits per heavy atom. The third-order valence-electron chi connectivity index (χ3n) is 5.69. The van der Waals surface area contributed by atoms with Gasteiger partial charge in [0.05, 0.1) is 32.6 Å². The zero-order valence-corrected chi connectivity index (χ0v) is 16.6.